The van der Waals surface area contributed by atoms with Crippen LogP contribution < -0.4 is 15.0 Å². The van der Waals surface area contributed by atoms with Crippen LogP contribution in [0.5, 0.6) is 5.75 Å². The quantitative estimate of drug-likeness (QED) is 0.468. The average Bonchev–Trinajstić information content (AvgIpc) is 3.12. The highest BCUT2D eigenvalue weighted by Gasteiger charge is 2.24. The number of anilines is 1. The summed E-state index contributed by atoms with van der Waals surface area (Å²) in [5.74, 6) is 1.27. The summed E-state index contributed by atoms with van der Waals surface area (Å²) in [5.41, 5.74) is 0.832. The van der Waals surface area contributed by atoms with Crippen LogP contribution in [0, 0.1) is 0 Å². The number of imide groups is 1. The van der Waals surface area contributed by atoms with E-state index in [1.54, 1.807) is 17.8 Å². The Bertz CT molecular complexity index is 1130. The van der Waals surface area contributed by atoms with E-state index in [-0.39, 0.29) is 11.1 Å². The summed E-state index contributed by atoms with van der Waals surface area (Å²) in [4.78, 5) is 32.1. The Morgan fingerprint density at radius 2 is 1.84 bits per heavy atom. The number of rotatable bonds is 8. The lowest BCUT2D eigenvalue weighted by Crippen LogP contribution is -2.24. The van der Waals surface area contributed by atoms with Gasteiger partial charge in [0.2, 0.25) is 0 Å². The Labute approximate surface area is 195 Å². The van der Waals surface area contributed by atoms with E-state index >= 15 is 0 Å². The molecule has 6 nitrogen and oxygen atoms in total. The van der Waals surface area contributed by atoms with E-state index < -0.39 is 0 Å². The van der Waals surface area contributed by atoms with E-state index in [1.165, 1.54) is 4.90 Å². The lowest BCUT2D eigenvalue weighted by Gasteiger charge is -2.19. The summed E-state index contributed by atoms with van der Waals surface area (Å²) in [6.45, 7) is 1.18. The number of thioether (sulfide) groups is 1. The second-order valence-electron chi connectivity index (χ2n) is 6.96. The molecule has 0 spiro atoms. The van der Waals surface area contributed by atoms with Gasteiger partial charge in [0.15, 0.2) is 0 Å². The first kappa shape index (κ1) is 22.0. The number of hydrogen-bond acceptors (Lipinski definition) is 7. The number of likely N-dealkylation sites (N-methyl/N-ethyl adjacent to an activating group) is 1. The van der Waals surface area contributed by atoms with Crippen LogP contribution in [0.3, 0.4) is 0 Å². The first-order valence-corrected chi connectivity index (χ1v) is 11.6. The first-order valence-electron chi connectivity index (χ1n) is 9.95. The molecule has 1 aliphatic heterocycles. The molecular weight excluding hydrogens is 442 g/mol. The van der Waals surface area contributed by atoms with Crippen molar-refractivity contribution in [3.63, 3.8) is 0 Å². The van der Waals surface area contributed by atoms with Crippen molar-refractivity contribution in [2.75, 3.05) is 25.1 Å². The minimum Gasteiger partial charge on any atom is -0.492 e. The number of benzene rings is 2. The number of amides is 2. The van der Waals surface area contributed by atoms with E-state index in [0.717, 1.165) is 33.8 Å². The number of ether oxygens (including phenoxy) is 1. The number of carbonyl (C=O) groups is 2. The monoisotopic (exact) mass is 463 g/mol. The molecule has 1 N–H and O–H groups in total. The standard InChI is InChI=1S/C24H21N3O3S2/c1-27(22-16-20(11-12-25-22)31-19-5-3-2-4-6-19)13-14-30-18-9-7-17(8-10-18)15-21-23(28)26-24(29)32-21/h2-12,15-16H,13-14H2,1H3,(H,26,28,29)/b21-15-. The van der Waals surface area contributed by atoms with E-state index in [9.17, 15) is 9.59 Å². The Morgan fingerprint density at radius 3 is 2.56 bits per heavy atom. The van der Waals surface area contributed by atoms with E-state index in [4.69, 9.17) is 4.74 Å². The van der Waals surface area contributed by atoms with E-state index in [1.807, 2.05) is 61.8 Å². The molecule has 0 atom stereocenters. The van der Waals surface area contributed by atoms with Crippen LogP contribution in [0.1, 0.15) is 5.56 Å². The summed E-state index contributed by atoms with van der Waals surface area (Å²) in [5, 5.41) is 1.90. The minimum atomic E-state index is -0.358. The molecule has 162 valence electrons. The molecule has 0 saturated carbocycles. The second-order valence-corrected chi connectivity index (χ2v) is 9.12. The molecule has 1 saturated heterocycles. The predicted octanol–water partition coefficient (Wildman–Crippen LogP) is 5.07. The highest BCUT2D eigenvalue weighted by molar-refractivity contribution is 8.18. The molecule has 4 rings (SSSR count). The third kappa shape index (κ3) is 5.93. The molecule has 32 heavy (non-hydrogen) atoms. The van der Waals surface area contributed by atoms with Crippen molar-refractivity contribution in [1.82, 2.24) is 10.3 Å². The molecule has 2 aromatic carbocycles. The molecular formula is C24H21N3O3S2. The molecule has 0 unspecified atom stereocenters. The first-order chi connectivity index (χ1) is 15.6. The van der Waals surface area contributed by atoms with Crippen molar-refractivity contribution < 1.29 is 14.3 Å². The molecule has 0 bridgehead atoms. The van der Waals surface area contributed by atoms with Gasteiger partial charge < -0.3 is 9.64 Å². The molecule has 2 amide bonds. The highest BCUT2D eigenvalue weighted by Crippen LogP contribution is 2.29. The Kier molecular flexibility index (Phi) is 7.14. The maximum absolute atomic E-state index is 11.6. The van der Waals surface area contributed by atoms with Crippen molar-refractivity contribution in [3.05, 3.63) is 83.4 Å². The van der Waals surface area contributed by atoms with Gasteiger partial charge in [0, 0.05) is 23.0 Å². The third-order valence-corrected chi connectivity index (χ3v) is 6.41. The van der Waals surface area contributed by atoms with Crippen LogP contribution in [0.4, 0.5) is 10.6 Å². The summed E-state index contributed by atoms with van der Waals surface area (Å²) < 4.78 is 5.85. The predicted molar refractivity (Wildman–Crippen MR) is 129 cm³/mol. The number of pyridine rings is 1. The summed E-state index contributed by atoms with van der Waals surface area (Å²) >= 11 is 2.61. The van der Waals surface area contributed by atoms with Crippen molar-refractivity contribution in [2.24, 2.45) is 0 Å². The van der Waals surface area contributed by atoms with Crippen LogP contribution in [0.15, 0.2) is 87.6 Å². The van der Waals surface area contributed by atoms with Gasteiger partial charge in [-0.25, -0.2) is 4.98 Å². The molecule has 3 aromatic rings. The molecule has 1 fully saturated rings. The number of nitrogens with zero attached hydrogens (tertiary/aromatic N) is 2. The summed E-state index contributed by atoms with van der Waals surface area (Å²) in [7, 11) is 1.99. The molecule has 1 aliphatic rings. The van der Waals surface area contributed by atoms with Crippen molar-refractivity contribution in [1.29, 1.82) is 0 Å². The molecule has 8 heteroatoms. The fraction of sp³-hybridized carbons (Fsp3) is 0.125. The van der Waals surface area contributed by atoms with Crippen LogP contribution in [0.2, 0.25) is 0 Å². The smallest absolute Gasteiger partial charge is 0.290 e. The number of aromatic nitrogens is 1. The van der Waals surface area contributed by atoms with Gasteiger partial charge in [0.1, 0.15) is 18.2 Å². The van der Waals surface area contributed by atoms with Crippen LogP contribution in [0.25, 0.3) is 6.08 Å². The van der Waals surface area contributed by atoms with Crippen molar-refractivity contribution in [3.8, 4) is 5.75 Å². The molecule has 1 aromatic heterocycles. The number of nitrogens with one attached hydrogen (secondary N) is 1. The maximum atomic E-state index is 11.6. The third-order valence-electron chi connectivity index (χ3n) is 4.60. The highest BCUT2D eigenvalue weighted by atomic mass is 32.2. The van der Waals surface area contributed by atoms with Gasteiger partial charge in [-0.05, 0) is 59.8 Å². The van der Waals surface area contributed by atoms with Gasteiger partial charge in [-0.1, -0.05) is 42.1 Å². The molecule has 0 radical (unpaired) electrons. The summed E-state index contributed by atoms with van der Waals surface area (Å²) in [6, 6.07) is 21.7. The zero-order valence-electron chi connectivity index (χ0n) is 17.4. The molecule has 0 aliphatic carbocycles. The van der Waals surface area contributed by atoms with Gasteiger partial charge in [-0.2, -0.15) is 0 Å². The molecule has 2 heterocycles. The van der Waals surface area contributed by atoms with Crippen LogP contribution in [-0.2, 0) is 4.79 Å². The van der Waals surface area contributed by atoms with Crippen molar-refractivity contribution in [2.45, 2.75) is 9.79 Å². The lowest BCUT2D eigenvalue weighted by atomic mass is 10.2. The van der Waals surface area contributed by atoms with Gasteiger partial charge >= 0.3 is 0 Å². The SMILES string of the molecule is CN(CCOc1ccc(/C=C2\SC(=O)NC2=O)cc1)c1cc(Sc2ccccc2)ccn1. The average molecular weight is 464 g/mol. The van der Waals surface area contributed by atoms with E-state index in [2.05, 4.69) is 33.4 Å². The maximum Gasteiger partial charge on any atom is 0.290 e. The fourth-order valence-corrected chi connectivity index (χ4v) is 4.49. The lowest BCUT2D eigenvalue weighted by molar-refractivity contribution is -0.115. The van der Waals surface area contributed by atoms with Gasteiger partial charge in [-0.3, -0.25) is 14.9 Å². The summed E-state index contributed by atoms with van der Waals surface area (Å²) in [6.07, 6.45) is 3.51. The zero-order chi connectivity index (χ0) is 22.3. The van der Waals surface area contributed by atoms with Crippen LogP contribution in [-0.4, -0.2) is 36.3 Å². The normalized spacial score (nSPS) is 14.5. The van der Waals surface area contributed by atoms with Crippen molar-refractivity contribution >= 4 is 46.6 Å². The fourth-order valence-electron chi connectivity index (χ4n) is 2.94. The minimum absolute atomic E-state index is 0.344. The second kappa shape index (κ2) is 10.4. The Morgan fingerprint density at radius 1 is 1.06 bits per heavy atom. The number of hydrogen-bond donors (Lipinski definition) is 1. The van der Waals surface area contributed by atoms with Crippen LogP contribution >= 0.6 is 23.5 Å². The largest absolute Gasteiger partial charge is 0.492 e. The van der Waals surface area contributed by atoms with E-state index in [0.29, 0.717) is 18.1 Å². The van der Waals surface area contributed by atoms with Gasteiger partial charge in [0.25, 0.3) is 11.1 Å². The van der Waals surface area contributed by atoms with Gasteiger partial charge in [0.05, 0.1) is 11.4 Å². The topological polar surface area (TPSA) is 71.5 Å². The Balaban J connectivity index is 1.29. The zero-order valence-corrected chi connectivity index (χ0v) is 19.0. The Hall–Kier alpha value is -3.23. The van der Waals surface area contributed by atoms with Gasteiger partial charge in [-0.15, -0.1) is 0 Å². The number of carbonyl (C=O) groups excluding carboxylic acids is 2.